The van der Waals surface area contributed by atoms with E-state index in [4.69, 9.17) is 34.8 Å². The molecule has 0 fully saturated rings. The Bertz CT molecular complexity index is 272. The first kappa shape index (κ1) is 19.1. The fraction of sp³-hybridized carbons (Fsp3) is 0.100. The van der Waals surface area contributed by atoms with E-state index >= 15 is 0 Å². The molecule has 2 rings (SSSR count). The average Bonchev–Trinajstić information content (AvgIpc) is 2.95. The molecule has 0 aromatic carbocycles. The third-order valence-corrected chi connectivity index (χ3v) is 1.39. The number of aromatic nitrogens is 2. The predicted octanol–water partition coefficient (Wildman–Crippen LogP) is 3.58. The summed E-state index contributed by atoms with van der Waals surface area (Å²) >= 11 is 14.6. The van der Waals surface area contributed by atoms with Crippen LogP contribution in [-0.4, -0.2) is 20.0 Å². The summed E-state index contributed by atoms with van der Waals surface area (Å²) in [7, 11) is 0. The topological polar surface area (TPSA) is 48.6 Å². The van der Waals surface area contributed by atoms with Gasteiger partial charge < -0.3 is 9.97 Å². The summed E-state index contributed by atoms with van der Waals surface area (Å²) in [6, 6.07) is 7.78. The molecule has 0 unspecified atom stereocenters. The second-order valence-electron chi connectivity index (χ2n) is 2.43. The largest absolute Gasteiger partial charge is 0.368 e. The monoisotopic (exact) mass is 383 g/mol. The molecule has 7 heteroatoms. The van der Waals surface area contributed by atoms with Gasteiger partial charge in [0.25, 0.3) is 0 Å². The molecule has 0 spiro atoms. The second kappa shape index (κ2) is 12.2. The van der Waals surface area contributed by atoms with E-state index in [0.717, 1.165) is 0 Å². The van der Waals surface area contributed by atoms with E-state index in [1.54, 1.807) is 0 Å². The average molecular weight is 384 g/mol. The summed E-state index contributed by atoms with van der Waals surface area (Å²) in [4.78, 5) is 15.2. The minimum Gasteiger partial charge on any atom is -0.368 e. The van der Waals surface area contributed by atoms with Gasteiger partial charge in [0.2, 0.25) is 3.79 Å². The fourth-order valence-electron chi connectivity index (χ4n) is 0.556. The number of aldehydes is 1. The van der Waals surface area contributed by atoms with Crippen molar-refractivity contribution in [1.82, 2.24) is 9.97 Å². The summed E-state index contributed by atoms with van der Waals surface area (Å²) in [6.45, 7) is 0. The van der Waals surface area contributed by atoms with Crippen molar-refractivity contribution in [1.29, 1.82) is 0 Å². The Labute approximate surface area is 128 Å². The van der Waals surface area contributed by atoms with Crippen molar-refractivity contribution in [2.45, 2.75) is 3.79 Å². The van der Waals surface area contributed by atoms with Crippen LogP contribution in [0.2, 0.25) is 0 Å². The number of nitrogens with one attached hydrogen (secondary N) is 2. The Balaban J connectivity index is 0. The van der Waals surface area contributed by atoms with Crippen molar-refractivity contribution >= 4 is 41.1 Å². The molecule has 2 aromatic rings. The van der Waals surface area contributed by atoms with Crippen molar-refractivity contribution in [3.8, 4) is 0 Å². The van der Waals surface area contributed by atoms with Crippen molar-refractivity contribution in [2.24, 2.45) is 0 Å². The van der Waals surface area contributed by atoms with E-state index in [9.17, 15) is 4.79 Å². The van der Waals surface area contributed by atoms with E-state index in [-0.39, 0.29) is 25.8 Å². The van der Waals surface area contributed by atoms with Crippen molar-refractivity contribution in [3.63, 3.8) is 0 Å². The van der Waals surface area contributed by atoms with Crippen molar-refractivity contribution < 1.29 is 24.3 Å². The molecule has 2 N–H and O–H groups in total. The van der Waals surface area contributed by atoms with E-state index in [2.05, 4.69) is 9.97 Å². The molecule has 0 atom stereocenters. The van der Waals surface area contributed by atoms with Gasteiger partial charge in [0.05, 0.1) is 0 Å². The maximum atomic E-state index is 9.43. The predicted molar refractivity (Wildman–Crippen MR) is 67.9 cm³/mol. The Morgan fingerprint density at radius 3 is 1.12 bits per heavy atom. The van der Waals surface area contributed by atoms with E-state index < -0.39 is 3.79 Å². The third kappa shape index (κ3) is 18.3. The number of carbonyl (C=O) groups excluding carboxylic acids is 1. The minimum absolute atomic E-state index is 0. The van der Waals surface area contributed by atoms with Gasteiger partial charge in [-0.3, -0.25) is 4.79 Å². The maximum absolute atomic E-state index is 9.43. The van der Waals surface area contributed by atoms with E-state index in [0.29, 0.717) is 0 Å². The summed E-state index contributed by atoms with van der Waals surface area (Å²) in [5.74, 6) is 0. The van der Waals surface area contributed by atoms with Crippen LogP contribution in [0.5, 0.6) is 0 Å². The zero-order chi connectivity index (χ0) is 12.3. The van der Waals surface area contributed by atoms with E-state index in [1.807, 2.05) is 49.1 Å². The first-order chi connectivity index (χ1) is 7.56. The molecule has 97 valence electrons. The zero-order valence-electron chi connectivity index (χ0n) is 8.57. The number of halogens is 3. The molecule has 1 radical (unpaired) electrons. The number of aromatic amines is 2. The Kier molecular flexibility index (Phi) is 13.7. The molecule has 2 heterocycles. The van der Waals surface area contributed by atoms with Gasteiger partial charge in [-0.1, -0.05) is 34.8 Å². The Hall–Kier alpha value is -0.277. The van der Waals surface area contributed by atoms with Crippen LogP contribution in [0.3, 0.4) is 0 Å². The molecule has 0 bridgehead atoms. The molecule has 2 aromatic heterocycles. The number of H-pyrrole nitrogens is 2. The summed E-state index contributed by atoms with van der Waals surface area (Å²) < 4.78 is -1.72. The van der Waals surface area contributed by atoms with Gasteiger partial charge in [0, 0.05) is 44.3 Å². The molecular weight excluding hydrogens is 373 g/mol. The standard InChI is InChI=1S/2C4H5N.C2HCl3O.Rh/c2*1-2-4-5-3-1;3-2(4,5)1-6;/h2*1-5H;1H;. The summed E-state index contributed by atoms with van der Waals surface area (Å²) in [6.07, 6.45) is 7.73. The molecule has 0 saturated carbocycles. The minimum atomic E-state index is -1.72. The smallest absolute Gasteiger partial charge is 0.245 e. The fourth-order valence-corrected chi connectivity index (χ4v) is 0.556. The van der Waals surface area contributed by atoms with Crippen LogP contribution in [0.15, 0.2) is 49.1 Å². The van der Waals surface area contributed by atoms with Crippen LogP contribution in [0.25, 0.3) is 0 Å². The number of rotatable bonds is 0. The molecule has 0 saturated heterocycles. The van der Waals surface area contributed by atoms with Gasteiger partial charge >= 0.3 is 0 Å². The number of carbonyl (C=O) groups is 1. The molecular formula is C10H11Cl3N2ORh. The number of alkyl halides is 3. The summed E-state index contributed by atoms with van der Waals surface area (Å²) in [5, 5.41) is 0. The molecule has 17 heavy (non-hydrogen) atoms. The van der Waals surface area contributed by atoms with Crippen LogP contribution in [0.4, 0.5) is 0 Å². The molecule has 0 aliphatic rings. The zero-order valence-corrected chi connectivity index (χ0v) is 12.5. The summed E-state index contributed by atoms with van der Waals surface area (Å²) in [5.41, 5.74) is 0. The third-order valence-electron chi connectivity index (χ3n) is 1.13. The van der Waals surface area contributed by atoms with Gasteiger partial charge in [-0.25, -0.2) is 0 Å². The van der Waals surface area contributed by atoms with Gasteiger partial charge in [-0.2, -0.15) is 0 Å². The normalized spacial score (nSPS) is 8.65. The second-order valence-corrected chi connectivity index (χ2v) is 4.80. The first-order valence-electron chi connectivity index (χ1n) is 4.25. The van der Waals surface area contributed by atoms with Crippen molar-refractivity contribution in [2.75, 3.05) is 0 Å². The van der Waals surface area contributed by atoms with Crippen LogP contribution in [0, 0.1) is 0 Å². The number of hydrogen-bond donors (Lipinski definition) is 2. The number of hydrogen-bond acceptors (Lipinski definition) is 1. The first-order valence-corrected chi connectivity index (χ1v) is 5.38. The molecule has 0 amide bonds. The van der Waals surface area contributed by atoms with Crippen LogP contribution >= 0.6 is 34.8 Å². The van der Waals surface area contributed by atoms with E-state index in [1.165, 1.54) is 0 Å². The van der Waals surface area contributed by atoms with Crippen molar-refractivity contribution in [3.05, 3.63) is 49.1 Å². The molecule has 0 aliphatic heterocycles. The SMILES string of the molecule is O=CC(Cl)(Cl)Cl.[Rh].c1cc[nH]c1.c1cc[nH]c1. The van der Waals surface area contributed by atoms with Gasteiger partial charge in [-0.15, -0.1) is 0 Å². The van der Waals surface area contributed by atoms with Gasteiger partial charge in [0.1, 0.15) is 0 Å². The quantitative estimate of drug-likeness (QED) is 0.407. The van der Waals surface area contributed by atoms with Crippen LogP contribution in [-0.2, 0) is 24.3 Å². The molecule has 0 aliphatic carbocycles. The van der Waals surface area contributed by atoms with Crippen LogP contribution < -0.4 is 0 Å². The molecule has 3 nitrogen and oxygen atoms in total. The Morgan fingerprint density at radius 1 is 0.824 bits per heavy atom. The van der Waals surface area contributed by atoms with Gasteiger partial charge in [0.15, 0.2) is 6.29 Å². The van der Waals surface area contributed by atoms with Gasteiger partial charge in [-0.05, 0) is 24.3 Å². The maximum Gasteiger partial charge on any atom is 0.245 e. The Morgan fingerprint density at radius 2 is 1.06 bits per heavy atom. The van der Waals surface area contributed by atoms with Crippen LogP contribution in [0.1, 0.15) is 0 Å².